The highest BCUT2D eigenvalue weighted by atomic mass is 32.1. The number of thiazole rings is 1. The summed E-state index contributed by atoms with van der Waals surface area (Å²) in [6.07, 6.45) is 3.34. The number of carbonyl (C=O) groups is 1. The van der Waals surface area contributed by atoms with Crippen molar-refractivity contribution in [3.8, 4) is 22.8 Å². The molecule has 7 nitrogen and oxygen atoms in total. The van der Waals surface area contributed by atoms with Crippen molar-refractivity contribution in [2.45, 2.75) is 12.8 Å². The third-order valence-corrected chi connectivity index (χ3v) is 5.88. The molecule has 1 aromatic carbocycles. The second kappa shape index (κ2) is 8.20. The van der Waals surface area contributed by atoms with Gasteiger partial charge in [-0.05, 0) is 31.2 Å². The highest BCUT2D eigenvalue weighted by Crippen LogP contribution is 2.34. The molecule has 0 bridgehead atoms. The number of nitrogens with zero attached hydrogens (tertiary/aromatic N) is 3. The third-order valence-electron chi connectivity index (χ3n) is 4.99. The summed E-state index contributed by atoms with van der Waals surface area (Å²) in [5, 5.41) is 5.35. The first kappa shape index (κ1) is 18.8. The van der Waals surface area contributed by atoms with Crippen molar-refractivity contribution >= 4 is 22.2 Å². The van der Waals surface area contributed by atoms with Gasteiger partial charge in [-0.15, -0.1) is 11.3 Å². The topological polar surface area (TPSA) is 68.1 Å². The molecule has 1 fully saturated rings. The van der Waals surface area contributed by atoms with Gasteiger partial charge in [-0.1, -0.05) is 0 Å². The van der Waals surface area contributed by atoms with Gasteiger partial charge in [0.2, 0.25) is 5.91 Å². The van der Waals surface area contributed by atoms with Gasteiger partial charge in [0.05, 0.1) is 26.3 Å². The van der Waals surface area contributed by atoms with E-state index in [0.29, 0.717) is 6.42 Å². The average Bonchev–Trinajstić information content (AvgIpc) is 3.18. The number of methoxy groups -OCH3 is 2. The second-order valence-electron chi connectivity index (χ2n) is 6.73. The molecule has 1 aliphatic heterocycles. The number of aromatic nitrogens is 2. The van der Waals surface area contributed by atoms with E-state index in [1.165, 1.54) is 0 Å². The monoisotopic (exact) mass is 400 g/mol. The zero-order valence-corrected chi connectivity index (χ0v) is 16.9. The first-order valence-corrected chi connectivity index (χ1v) is 10.2. The summed E-state index contributed by atoms with van der Waals surface area (Å²) in [6, 6.07) is 5.65. The van der Waals surface area contributed by atoms with Crippen LogP contribution in [0.15, 0.2) is 29.8 Å². The Morgan fingerprint density at radius 2 is 2.14 bits per heavy atom. The van der Waals surface area contributed by atoms with Gasteiger partial charge < -0.3 is 19.7 Å². The zero-order chi connectivity index (χ0) is 19.5. The normalized spacial score (nSPS) is 14.9. The molecule has 0 aliphatic carbocycles. The predicted molar refractivity (Wildman–Crippen MR) is 109 cm³/mol. The zero-order valence-electron chi connectivity index (χ0n) is 16.1. The molecule has 8 heteroatoms. The molecule has 1 amide bonds. The van der Waals surface area contributed by atoms with Gasteiger partial charge in [0, 0.05) is 42.5 Å². The number of nitrogens with one attached hydrogen (secondary N) is 1. The first-order chi connectivity index (χ1) is 13.7. The number of carbonyl (C=O) groups excluding carboxylic acids is 1. The maximum Gasteiger partial charge on any atom is 0.228 e. The Bertz CT molecular complexity index is 973. The molecule has 4 rings (SSSR count). The summed E-state index contributed by atoms with van der Waals surface area (Å²) in [7, 11) is 3.28. The van der Waals surface area contributed by atoms with Crippen LogP contribution >= 0.6 is 11.3 Å². The molecule has 3 heterocycles. The lowest BCUT2D eigenvalue weighted by atomic mass is 10.1. The van der Waals surface area contributed by atoms with Crippen LogP contribution in [0.25, 0.3) is 16.2 Å². The quantitative estimate of drug-likeness (QED) is 0.713. The molecular weight excluding hydrogens is 376 g/mol. The third kappa shape index (κ3) is 3.70. The largest absolute Gasteiger partial charge is 0.497 e. The summed E-state index contributed by atoms with van der Waals surface area (Å²) in [6.45, 7) is 3.41. The van der Waals surface area contributed by atoms with Crippen molar-refractivity contribution in [1.29, 1.82) is 0 Å². The Morgan fingerprint density at radius 1 is 1.25 bits per heavy atom. The number of rotatable bonds is 5. The number of hydrogen-bond acceptors (Lipinski definition) is 6. The van der Waals surface area contributed by atoms with E-state index in [-0.39, 0.29) is 5.91 Å². The Labute approximate surface area is 167 Å². The molecule has 0 radical (unpaired) electrons. The van der Waals surface area contributed by atoms with Gasteiger partial charge in [0.1, 0.15) is 11.5 Å². The van der Waals surface area contributed by atoms with Crippen molar-refractivity contribution in [3.63, 3.8) is 0 Å². The van der Waals surface area contributed by atoms with E-state index in [2.05, 4.69) is 5.32 Å². The lowest BCUT2D eigenvalue weighted by molar-refractivity contribution is -0.130. The molecule has 0 unspecified atom stereocenters. The van der Waals surface area contributed by atoms with Crippen LogP contribution < -0.4 is 14.8 Å². The maximum absolute atomic E-state index is 12.8. The summed E-state index contributed by atoms with van der Waals surface area (Å²) in [4.78, 5) is 20.3. The molecule has 28 heavy (non-hydrogen) atoms. The van der Waals surface area contributed by atoms with Gasteiger partial charge in [-0.2, -0.15) is 0 Å². The van der Waals surface area contributed by atoms with Crippen LogP contribution in [0.2, 0.25) is 0 Å². The maximum atomic E-state index is 12.8. The first-order valence-electron chi connectivity index (χ1n) is 9.36. The van der Waals surface area contributed by atoms with E-state index in [1.807, 2.05) is 39.1 Å². The Balaban J connectivity index is 1.61. The molecule has 3 aromatic rings. The van der Waals surface area contributed by atoms with Crippen LogP contribution in [0.1, 0.15) is 12.1 Å². The average molecular weight is 401 g/mol. The number of benzene rings is 1. The highest BCUT2D eigenvalue weighted by Gasteiger charge is 2.19. The Hall–Kier alpha value is -2.58. The van der Waals surface area contributed by atoms with Crippen molar-refractivity contribution in [2.75, 3.05) is 40.4 Å². The van der Waals surface area contributed by atoms with Crippen LogP contribution in [0.5, 0.6) is 11.5 Å². The predicted octanol–water partition coefficient (Wildman–Crippen LogP) is 2.44. The van der Waals surface area contributed by atoms with Crippen molar-refractivity contribution in [2.24, 2.45) is 0 Å². The minimum atomic E-state index is 0.164. The Kier molecular flexibility index (Phi) is 5.50. The van der Waals surface area contributed by atoms with E-state index >= 15 is 0 Å². The number of imidazole rings is 1. The molecule has 1 saturated heterocycles. The second-order valence-corrected chi connectivity index (χ2v) is 7.57. The van der Waals surface area contributed by atoms with Crippen molar-refractivity contribution in [3.05, 3.63) is 35.5 Å². The SMILES string of the molecule is COc1ccc(OC)c(-c2cn3c(CC(=O)N4CCCNCC4)csc3n2)c1. The summed E-state index contributed by atoms with van der Waals surface area (Å²) < 4.78 is 12.8. The highest BCUT2D eigenvalue weighted by molar-refractivity contribution is 7.15. The van der Waals surface area contributed by atoms with Crippen molar-refractivity contribution < 1.29 is 14.3 Å². The molecule has 0 atom stereocenters. The number of amides is 1. The van der Waals surface area contributed by atoms with Gasteiger partial charge in [-0.25, -0.2) is 4.98 Å². The van der Waals surface area contributed by atoms with Crippen LogP contribution in [0, 0.1) is 0 Å². The lowest BCUT2D eigenvalue weighted by Gasteiger charge is -2.19. The number of hydrogen-bond donors (Lipinski definition) is 1. The van der Waals surface area contributed by atoms with Crippen LogP contribution in [0.4, 0.5) is 0 Å². The molecule has 2 aromatic heterocycles. The smallest absolute Gasteiger partial charge is 0.228 e. The standard InChI is InChI=1S/C20H24N4O3S/c1-26-15-4-5-18(27-2)16(11-15)17-12-24-14(13-28-20(24)22-17)10-19(25)23-8-3-6-21-7-9-23/h4-5,11-13,21H,3,6-10H2,1-2H3. The number of ether oxygens (including phenoxy) is 2. The lowest BCUT2D eigenvalue weighted by Crippen LogP contribution is -2.35. The fraction of sp³-hybridized carbons (Fsp3) is 0.400. The number of fused-ring (bicyclic) bond motifs is 1. The molecule has 1 N–H and O–H groups in total. The van der Waals surface area contributed by atoms with Gasteiger partial charge >= 0.3 is 0 Å². The molecular formula is C20H24N4O3S. The Morgan fingerprint density at radius 3 is 2.96 bits per heavy atom. The van der Waals surface area contributed by atoms with Crippen molar-refractivity contribution in [1.82, 2.24) is 19.6 Å². The fourth-order valence-electron chi connectivity index (χ4n) is 3.46. The molecule has 1 aliphatic rings. The van der Waals surface area contributed by atoms with Gasteiger partial charge in [-0.3, -0.25) is 9.20 Å². The van der Waals surface area contributed by atoms with Crippen LogP contribution in [-0.2, 0) is 11.2 Å². The van der Waals surface area contributed by atoms with E-state index < -0.39 is 0 Å². The van der Waals surface area contributed by atoms with E-state index in [1.54, 1.807) is 25.6 Å². The van der Waals surface area contributed by atoms with Crippen LogP contribution in [-0.4, -0.2) is 60.6 Å². The minimum absolute atomic E-state index is 0.164. The van der Waals surface area contributed by atoms with E-state index in [9.17, 15) is 4.79 Å². The fourth-order valence-corrected chi connectivity index (χ4v) is 4.34. The van der Waals surface area contributed by atoms with Crippen LogP contribution in [0.3, 0.4) is 0 Å². The van der Waals surface area contributed by atoms with Gasteiger partial charge in [0.25, 0.3) is 0 Å². The molecule has 148 valence electrons. The van der Waals surface area contributed by atoms with E-state index in [4.69, 9.17) is 14.5 Å². The molecule has 0 saturated carbocycles. The summed E-state index contributed by atoms with van der Waals surface area (Å²) in [5.74, 6) is 1.65. The minimum Gasteiger partial charge on any atom is -0.497 e. The van der Waals surface area contributed by atoms with E-state index in [0.717, 1.165) is 66.0 Å². The summed E-state index contributed by atoms with van der Waals surface area (Å²) >= 11 is 1.54. The van der Waals surface area contributed by atoms with Gasteiger partial charge in [0.15, 0.2) is 4.96 Å². The summed E-state index contributed by atoms with van der Waals surface area (Å²) in [5.41, 5.74) is 2.63. The molecule has 0 spiro atoms.